The Bertz CT molecular complexity index is 327. The van der Waals surface area contributed by atoms with Crippen molar-refractivity contribution >= 4 is 41.2 Å². The molecule has 94 valence electrons. The zero-order valence-electron chi connectivity index (χ0n) is 11.3. The Morgan fingerprint density at radius 1 is 1.12 bits per heavy atom. The van der Waals surface area contributed by atoms with Gasteiger partial charge in [-0.05, 0) is 27.9 Å². The monoisotopic (exact) mass is 464 g/mol. The molecule has 0 heterocycles. The van der Waals surface area contributed by atoms with Gasteiger partial charge in [0.2, 0.25) is 0 Å². The minimum atomic E-state index is -1.37. The first-order valence-corrected chi connectivity index (χ1v) is 8.79. The van der Waals surface area contributed by atoms with E-state index in [1.54, 1.807) is 0 Å². The van der Waals surface area contributed by atoms with E-state index in [-0.39, 0.29) is 39.7 Å². The Kier molecular flexibility index (Phi) is 9.87. The summed E-state index contributed by atoms with van der Waals surface area (Å²) in [6.07, 6.45) is 0. The van der Waals surface area contributed by atoms with E-state index >= 15 is 0 Å². The quantitative estimate of drug-likeness (QED) is 0.584. The molecule has 2 radical (unpaired) electrons. The molecule has 0 saturated heterocycles. The van der Waals surface area contributed by atoms with Crippen molar-refractivity contribution in [3.8, 4) is 0 Å². The maximum absolute atomic E-state index is 4.86. The molecule has 1 aromatic rings. The van der Waals surface area contributed by atoms with Gasteiger partial charge in [-0.1, -0.05) is 43.9 Å². The van der Waals surface area contributed by atoms with Gasteiger partial charge >= 0.3 is 27.3 Å². The maximum Gasteiger partial charge on any atom is 2.00 e. The van der Waals surface area contributed by atoms with E-state index < -0.39 is 8.24 Å². The van der Waals surface area contributed by atoms with Crippen LogP contribution >= 0.6 is 0 Å². The van der Waals surface area contributed by atoms with Crippen molar-refractivity contribution in [3.63, 3.8) is 0 Å². The first kappa shape index (κ1) is 19.7. The number of nitrogens with zero attached hydrogens (tertiary/aromatic N) is 2. The summed E-state index contributed by atoms with van der Waals surface area (Å²) >= 11 is 0. The largest absolute Gasteiger partial charge is 2.00 e. The summed E-state index contributed by atoms with van der Waals surface area (Å²) in [6.45, 7) is 7.75. The van der Waals surface area contributed by atoms with Crippen LogP contribution in [0.25, 0.3) is 4.98 Å². The molecule has 0 spiro atoms. The van der Waals surface area contributed by atoms with E-state index in [2.05, 4.69) is 62.9 Å². The molecule has 5 heteroatoms. The number of hydrogen-bond acceptors (Lipinski definition) is 1. The van der Waals surface area contributed by atoms with Gasteiger partial charge in [0.15, 0.2) is 0 Å². The van der Waals surface area contributed by atoms with Crippen LogP contribution in [0.5, 0.6) is 0 Å². The van der Waals surface area contributed by atoms with Crippen LogP contribution in [-0.4, -0.2) is 54.5 Å². The molecule has 0 N–H and O–H groups in total. The van der Waals surface area contributed by atoms with Crippen molar-refractivity contribution in [3.05, 3.63) is 34.8 Å². The molecule has 0 aliphatic heterocycles. The van der Waals surface area contributed by atoms with Crippen LogP contribution in [0.4, 0.5) is 5.69 Å². The van der Waals surface area contributed by atoms with E-state index in [0.29, 0.717) is 0 Å². The van der Waals surface area contributed by atoms with Crippen LogP contribution in [-0.2, 0) is 6.54 Å². The van der Waals surface area contributed by atoms with Crippen molar-refractivity contribution in [2.45, 2.75) is 26.2 Å². The molecule has 0 bridgehead atoms. The summed E-state index contributed by atoms with van der Waals surface area (Å²) in [5.41, 5.74) is 2.50. The van der Waals surface area contributed by atoms with Gasteiger partial charge in [-0.3, -0.25) is 0 Å². The Morgan fingerprint density at radius 2 is 1.65 bits per heavy atom. The first-order chi connectivity index (χ1) is 6.88. The normalized spacial score (nSPS) is 10.5. The molecule has 1 aromatic carbocycles. The molecule has 0 amide bonds. The van der Waals surface area contributed by atoms with Crippen molar-refractivity contribution < 1.29 is 12.4 Å². The third-order valence-corrected chi connectivity index (χ3v) is 2.85. The van der Waals surface area contributed by atoms with Crippen molar-refractivity contribution in [2.75, 3.05) is 14.1 Å². The third kappa shape index (κ3) is 8.18. The predicted molar refractivity (Wildman–Crippen MR) is 76.0 cm³/mol. The molecular formula is C12H21ClN2PbSi. The van der Waals surface area contributed by atoms with Crippen LogP contribution in [0.15, 0.2) is 24.3 Å². The minimum absolute atomic E-state index is 0. The zero-order valence-corrected chi connectivity index (χ0v) is 16.9. The molecule has 0 atom stereocenters. The minimum Gasteiger partial charge on any atom is -1.00 e. The molecule has 17 heavy (non-hydrogen) atoms. The van der Waals surface area contributed by atoms with Gasteiger partial charge in [-0.25, -0.2) is 0 Å². The van der Waals surface area contributed by atoms with E-state index in [0.717, 1.165) is 6.54 Å². The van der Waals surface area contributed by atoms with Crippen LogP contribution in [0.3, 0.4) is 0 Å². The Hall–Kier alpha value is 0.409. The average Bonchev–Trinajstić information content (AvgIpc) is 2.05. The van der Waals surface area contributed by atoms with Crippen LogP contribution in [0.2, 0.25) is 19.6 Å². The fourth-order valence-corrected chi connectivity index (χ4v) is 2.40. The predicted octanol–water partition coefficient (Wildman–Crippen LogP) is 0.212. The summed E-state index contributed by atoms with van der Waals surface area (Å²) in [5, 5.41) is 0. The van der Waals surface area contributed by atoms with Gasteiger partial charge in [0.25, 0.3) is 0 Å². The van der Waals surface area contributed by atoms with Gasteiger partial charge in [0.1, 0.15) is 0 Å². The summed E-state index contributed by atoms with van der Waals surface area (Å²) < 4.78 is 0. The van der Waals surface area contributed by atoms with Gasteiger partial charge in [-0.2, -0.15) is 0 Å². The Morgan fingerprint density at radius 3 is 2.12 bits per heavy atom. The van der Waals surface area contributed by atoms with Crippen LogP contribution < -0.4 is 12.4 Å². The zero-order chi connectivity index (χ0) is 11.5. The van der Waals surface area contributed by atoms with Gasteiger partial charge in [0.05, 0.1) is 0 Å². The number of hydrogen-bond donors (Lipinski definition) is 0. The summed E-state index contributed by atoms with van der Waals surface area (Å²) in [6, 6.07) is 8.44. The molecule has 2 nitrogen and oxygen atoms in total. The smallest absolute Gasteiger partial charge is 1.00 e. The van der Waals surface area contributed by atoms with Gasteiger partial charge in [0, 0.05) is 6.54 Å². The Balaban J connectivity index is 0. The average molecular weight is 464 g/mol. The standard InChI is InChI=1S/C12H21N2Si.ClH.Pb/c1-14(2)10-11-8-6-7-9-12(11)13-15(3,4)5;;/h6-9H,10H2,1-5H3;1H;/q-1;;+2/p-1. The molecule has 0 aromatic heterocycles. The maximum atomic E-state index is 4.86. The summed E-state index contributed by atoms with van der Waals surface area (Å²) in [5.74, 6) is 0. The summed E-state index contributed by atoms with van der Waals surface area (Å²) in [7, 11) is 2.80. The molecule has 1 rings (SSSR count). The second-order valence-electron chi connectivity index (χ2n) is 5.15. The molecular weight excluding hydrogens is 443 g/mol. The van der Waals surface area contributed by atoms with E-state index in [1.807, 2.05) is 0 Å². The number of rotatable bonds is 4. The van der Waals surface area contributed by atoms with Crippen LogP contribution in [0, 0.1) is 0 Å². The molecule has 0 aliphatic carbocycles. The van der Waals surface area contributed by atoms with Crippen molar-refractivity contribution in [1.82, 2.24) is 4.90 Å². The second-order valence-corrected chi connectivity index (χ2v) is 9.71. The number of benzene rings is 1. The van der Waals surface area contributed by atoms with Crippen LogP contribution in [0.1, 0.15) is 5.56 Å². The third-order valence-electron chi connectivity index (χ3n) is 1.93. The molecule has 0 saturated carbocycles. The first-order valence-electron chi connectivity index (χ1n) is 5.34. The summed E-state index contributed by atoms with van der Waals surface area (Å²) in [4.78, 5) is 7.04. The molecule has 0 aliphatic rings. The molecule has 0 unspecified atom stereocenters. The SMILES string of the molecule is CN(C)Cc1ccccc1[N-][Si](C)(C)C.[Cl-].[Pb+2]. The fourth-order valence-electron chi connectivity index (χ4n) is 1.46. The number of halogens is 1. The van der Waals surface area contributed by atoms with Gasteiger partial charge < -0.3 is 22.3 Å². The van der Waals surface area contributed by atoms with E-state index in [9.17, 15) is 0 Å². The van der Waals surface area contributed by atoms with Crippen molar-refractivity contribution in [2.24, 2.45) is 0 Å². The topological polar surface area (TPSA) is 17.3 Å². The second kappa shape index (κ2) is 8.50. The molecule has 0 fully saturated rings. The van der Waals surface area contributed by atoms with Gasteiger partial charge in [-0.15, -0.1) is 5.69 Å². The van der Waals surface area contributed by atoms with E-state index in [4.69, 9.17) is 4.98 Å². The van der Waals surface area contributed by atoms with E-state index in [1.165, 1.54) is 11.3 Å². The van der Waals surface area contributed by atoms with Crippen molar-refractivity contribution in [1.29, 1.82) is 0 Å². The fraction of sp³-hybridized carbons (Fsp3) is 0.500. The Labute approximate surface area is 133 Å².